The molecular weight excluding hydrogens is 316 g/mol. The summed E-state index contributed by atoms with van der Waals surface area (Å²) in [6.45, 7) is 0.399. The van der Waals surface area contributed by atoms with Crippen LogP contribution >= 0.6 is 0 Å². The molecule has 1 unspecified atom stereocenters. The Labute approximate surface area is 144 Å². The molecule has 6 nitrogen and oxygen atoms in total. The van der Waals surface area contributed by atoms with Crippen LogP contribution in [0.15, 0.2) is 48.5 Å². The van der Waals surface area contributed by atoms with Gasteiger partial charge >= 0.3 is 0 Å². The number of H-pyrrole nitrogens is 1. The van der Waals surface area contributed by atoms with E-state index in [2.05, 4.69) is 15.5 Å². The number of carbonyl (C=O) groups excluding carboxylic acids is 2. The minimum Gasteiger partial charge on any atom is -0.350 e. The molecule has 0 radical (unpaired) electrons. The van der Waals surface area contributed by atoms with Gasteiger partial charge in [-0.1, -0.05) is 36.4 Å². The first-order valence-electron chi connectivity index (χ1n) is 8.22. The van der Waals surface area contributed by atoms with E-state index >= 15 is 0 Å². The molecule has 0 fully saturated rings. The Hall–Kier alpha value is -3.15. The molecule has 2 amide bonds. The Morgan fingerprint density at radius 3 is 2.88 bits per heavy atom. The van der Waals surface area contributed by atoms with Crippen molar-refractivity contribution in [3.05, 3.63) is 59.8 Å². The first-order valence-corrected chi connectivity index (χ1v) is 8.22. The molecule has 1 aromatic heterocycles. The molecule has 6 heteroatoms. The van der Waals surface area contributed by atoms with Crippen LogP contribution in [0.3, 0.4) is 0 Å². The maximum Gasteiger partial charge on any atom is 0.272 e. The molecule has 1 aliphatic rings. The highest BCUT2D eigenvalue weighted by Gasteiger charge is 2.29. The van der Waals surface area contributed by atoms with Gasteiger partial charge in [0, 0.05) is 37.0 Å². The summed E-state index contributed by atoms with van der Waals surface area (Å²) in [5, 5.41) is 10.7. The largest absolute Gasteiger partial charge is 0.350 e. The highest BCUT2D eigenvalue weighted by molar-refractivity contribution is 6.04. The van der Waals surface area contributed by atoms with Crippen molar-refractivity contribution in [3.8, 4) is 0 Å². The third-order valence-electron chi connectivity index (χ3n) is 4.73. The van der Waals surface area contributed by atoms with Crippen LogP contribution in [0, 0.1) is 0 Å². The third-order valence-corrected chi connectivity index (χ3v) is 4.73. The number of aromatic nitrogens is 2. The Morgan fingerprint density at radius 1 is 1.24 bits per heavy atom. The van der Waals surface area contributed by atoms with E-state index in [0.29, 0.717) is 18.7 Å². The number of amides is 2. The van der Waals surface area contributed by atoms with Crippen LogP contribution in [0.25, 0.3) is 10.9 Å². The summed E-state index contributed by atoms with van der Waals surface area (Å²) in [6.07, 6.45) is 0.384. The zero-order chi connectivity index (χ0) is 17.4. The van der Waals surface area contributed by atoms with Crippen LogP contribution < -0.4 is 10.2 Å². The number of hydrogen-bond donors (Lipinski definition) is 2. The summed E-state index contributed by atoms with van der Waals surface area (Å²) in [4.78, 5) is 26.4. The van der Waals surface area contributed by atoms with Crippen molar-refractivity contribution >= 4 is 28.4 Å². The number of benzene rings is 2. The molecule has 4 rings (SSSR count). The minimum absolute atomic E-state index is 0.0333. The number of carbonyl (C=O) groups is 2. The molecule has 2 heterocycles. The number of hydrogen-bond acceptors (Lipinski definition) is 3. The summed E-state index contributed by atoms with van der Waals surface area (Å²) in [5.41, 5.74) is 3.19. The van der Waals surface area contributed by atoms with E-state index < -0.39 is 0 Å². The zero-order valence-corrected chi connectivity index (χ0v) is 13.8. The average Bonchev–Trinajstić information content (AvgIpc) is 3.07. The van der Waals surface area contributed by atoms with Crippen molar-refractivity contribution in [1.82, 2.24) is 15.5 Å². The second kappa shape index (κ2) is 6.05. The predicted molar refractivity (Wildman–Crippen MR) is 95.6 cm³/mol. The molecule has 3 aromatic rings. The Kier molecular flexibility index (Phi) is 3.72. The highest BCUT2D eigenvalue weighted by atomic mass is 16.2. The van der Waals surface area contributed by atoms with E-state index in [4.69, 9.17) is 0 Å². The van der Waals surface area contributed by atoms with Gasteiger partial charge in [0.1, 0.15) is 0 Å². The maximum absolute atomic E-state index is 12.5. The molecule has 1 aliphatic heterocycles. The summed E-state index contributed by atoms with van der Waals surface area (Å²) >= 11 is 0. The number of fused-ring (bicyclic) bond motifs is 2. The Bertz CT molecular complexity index is 963. The number of nitrogens with zero attached hydrogens (tertiary/aromatic N) is 2. The van der Waals surface area contributed by atoms with Crippen LogP contribution in [-0.4, -0.2) is 35.6 Å². The number of para-hydroxylation sites is 2. The molecule has 2 aromatic carbocycles. The van der Waals surface area contributed by atoms with Crippen LogP contribution in [-0.2, 0) is 4.79 Å². The van der Waals surface area contributed by atoms with Crippen molar-refractivity contribution in [3.63, 3.8) is 0 Å². The van der Waals surface area contributed by atoms with Crippen molar-refractivity contribution in [2.45, 2.75) is 12.3 Å². The number of rotatable bonds is 3. The summed E-state index contributed by atoms with van der Waals surface area (Å²) in [6, 6.07) is 15.3. The van der Waals surface area contributed by atoms with Gasteiger partial charge < -0.3 is 10.2 Å². The maximum atomic E-state index is 12.5. The van der Waals surface area contributed by atoms with Gasteiger partial charge in [-0.15, -0.1) is 0 Å². The first kappa shape index (κ1) is 15.4. The Balaban J connectivity index is 1.54. The fraction of sp³-hybridized carbons (Fsp3) is 0.211. The fourth-order valence-corrected chi connectivity index (χ4v) is 3.35. The van der Waals surface area contributed by atoms with Gasteiger partial charge in [0.05, 0.1) is 5.52 Å². The van der Waals surface area contributed by atoms with Crippen molar-refractivity contribution in [2.75, 3.05) is 18.5 Å². The lowest BCUT2D eigenvalue weighted by atomic mass is 9.89. The lowest BCUT2D eigenvalue weighted by molar-refractivity contribution is -0.119. The molecule has 0 aliphatic carbocycles. The molecule has 0 saturated heterocycles. The normalized spacial score (nSPS) is 16.8. The molecule has 1 atom stereocenters. The number of anilines is 1. The van der Waals surface area contributed by atoms with E-state index in [0.717, 1.165) is 22.2 Å². The van der Waals surface area contributed by atoms with Gasteiger partial charge in [-0.2, -0.15) is 5.10 Å². The second-order valence-corrected chi connectivity index (χ2v) is 6.24. The van der Waals surface area contributed by atoms with Crippen molar-refractivity contribution < 1.29 is 9.59 Å². The SMILES string of the molecule is CN1C(=O)CC(CNC(=O)c2n[nH]c3ccccc23)c2ccccc21. The average molecular weight is 334 g/mol. The quantitative estimate of drug-likeness (QED) is 0.772. The monoisotopic (exact) mass is 334 g/mol. The minimum atomic E-state index is -0.235. The van der Waals surface area contributed by atoms with Gasteiger partial charge in [-0.25, -0.2) is 0 Å². The topological polar surface area (TPSA) is 78.1 Å². The Morgan fingerprint density at radius 2 is 2.00 bits per heavy atom. The van der Waals surface area contributed by atoms with Crippen LogP contribution in [0.5, 0.6) is 0 Å². The first-order chi connectivity index (χ1) is 12.1. The van der Waals surface area contributed by atoms with E-state index in [1.54, 1.807) is 11.9 Å². The molecular formula is C19H18N4O2. The predicted octanol–water partition coefficient (Wildman–Crippen LogP) is 2.44. The summed E-state index contributed by atoms with van der Waals surface area (Å²) in [5.74, 6) is -0.210. The fourth-order valence-electron chi connectivity index (χ4n) is 3.35. The second-order valence-electron chi connectivity index (χ2n) is 6.24. The lowest BCUT2D eigenvalue weighted by Gasteiger charge is -2.31. The van der Waals surface area contributed by atoms with E-state index in [-0.39, 0.29) is 17.7 Å². The lowest BCUT2D eigenvalue weighted by Crippen LogP contribution is -2.37. The molecule has 0 saturated carbocycles. The van der Waals surface area contributed by atoms with E-state index in [9.17, 15) is 9.59 Å². The highest BCUT2D eigenvalue weighted by Crippen LogP contribution is 2.34. The zero-order valence-electron chi connectivity index (χ0n) is 13.8. The van der Waals surface area contributed by atoms with Crippen LogP contribution in [0.4, 0.5) is 5.69 Å². The van der Waals surface area contributed by atoms with Gasteiger partial charge in [0.15, 0.2) is 5.69 Å². The van der Waals surface area contributed by atoms with Crippen LogP contribution in [0.2, 0.25) is 0 Å². The van der Waals surface area contributed by atoms with Crippen molar-refractivity contribution in [2.24, 2.45) is 0 Å². The van der Waals surface area contributed by atoms with Crippen molar-refractivity contribution in [1.29, 1.82) is 0 Å². The van der Waals surface area contributed by atoms with Gasteiger partial charge in [0.2, 0.25) is 5.91 Å². The third kappa shape index (κ3) is 2.65. The summed E-state index contributed by atoms with van der Waals surface area (Å²) < 4.78 is 0. The standard InChI is InChI=1S/C19H18N4O2/c1-23-16-9-5-3-6-13(16)12(10-17(23)24)11-20-19(25)18-14-7-2-4-8-15(14)21-22-18/h2-9,12H,10-11H2,1H3,(H,20,25)(H,21,22). The van der Waals surface area contributed by atoms with Gasteiger partial charge in [0.25, 0.3) is 5.91 Å². The van der Waals surface area contributed by atoms with E-state index in [1.165, 1.54) is 0 Å². The molecule has 25 heavy (non-hydrogen) atoms. The van der Waals surface area contributed by atoms with E-state index in [1.807, 2.05) is 48.5 Å². The molecule has 0 bridgehead atoms. The molecule has 0 spiro atoms. The summed E-state index contributed by atoms with van der Waals surface area (Å²) in [7, 11) is 1.78. The van der Waals surface area contributed by atoms with Gasteiger partial charge in [-0.3, -0.25) is 14.7 Å². The van der Waals surface area contributed by atoms with Crippen LogP contribution in [0.1, 0.15) is 28.4 Å². The number of aromatic amines is 1. The molecule has 2 N–H and O–H groups in total. The van der Waals surface area contributed by atoms with Gasteiger partial charge in [-0.05, 0) is 17.7 Å². The molecule has 126 valence electrons. The number of nitrogens with one attached hydrogen (secondary N) is 2. The smallest absolute Gasteiger partial charge is 0.272 e.